The Morgan fingerprint density at radius 2 is 2.20 bits per heavy atom. The van der Waals surface area contributed by atoms with Gasteiger partial charge in [-0.1, -0.05) is 19.1 Å². The van der Waals surface area contributed by atoms with Crippen molar-refractivity contribution in [2.24, 2.45) is 0 Å². The topological polar surface area (TPSA) is 59.4 Å². The first kappa shape index (κ1) is 14.3. The zero-order valence-electron chi connectivity index (χ0n) is 11.6. The number of ether oxygens (including phenoxy) is 1. The van der Waals surface area contributed by atoms with Crippen molar-refractivity contribution in [1.29, 1.82) is 0 Å². The fourth-order valence-electron chi connectivity index (χ4n) is 2.18. The molecule has 0 saturated heterocycles. The minimum Gasteiger partial charge on any atom is -0.491 e. The fraction of sp³-hybridized carbons (Fsp3) is 0.375. The Hall–Kier alpha value is -2.10. The average molecular weight is 273 g/mol. The molecule has 2 rings (SSSR count). The van der Waals surface area contributed by atoms with E-state index in [2.05, 4.69) is 11.9 Å². The first-order chi connectivity index (χ1) is 9.72. The molecule has 0 aliphatic heterocycles. The SMILES string of the molecule is CCCOc1ccc(CCCC(=O)O)c2cccnc12. The highest BCUT2D eigenvalue weighted by atomic mass is 16.5. The monoisotopic (exact) mass is 273 g/mol. The van der Waals surface area contributed by atoms with Crippen molar-refractivity contribution in [3.8, 4) is 5.75 Å². The molecule has 106 valence electrons. The normalized spacial score (nSPS) is 10.7. The van der Waals surface area contributed by atoms with Crippen LogP contribution in [0.1, 0.15) is 31.7 Å². The molecule has 0 fully saturated rings. The van der Waals surface area contributed by atoms with Gasteiger partial charge in [-0.15, -0.1) is 0 Å². The number of aromatic nitrogens is 1. The predicted octanol–water partition coefficient (Wildman–Crippen LogP) is 3.43. The van der Waals surface area contributed by atoms with Crippen LogP contribution in [0.25, 0.3) is 10.9 Å². The number of aryl methyl sites for hydroxylation is 1. The maximum Gasteiger partial charge on any atom is 0.303 e. The molecule has 0 atom stereocenters. The van der Waals surface area contributed by atoms with E-state index in [-0.39, 0.29) is 6.42 Å². The summed E-state index contributed by atoms with van der Waals surface area (Å²) < 4.78 is 5.71. The molecule has 1 heterocycles. The molecular weight excluding hydrogens is 254 g/mol. The van der Waals surface area contributed by atoms with Crippen molar-refractivity contribution in [2.75, 3.05) is 6.61 Å². The van der Waals surface area contributed by atoms with E-state index in [1.54, 1.807) is 6.20 Å². The van der Waals surface area contributed by atoms with Crippen LogP contribution < -0.4 is 4.74 Å². The lowest BCUT2D eigenvalue weighted by atomic mass is 10.0. The molecular formula is C16H19NO3. The summed E-state index contributed by atoms with van der Waals surface area (Å²) in [7, 11) is 0. The van der Waals surface area contributed by atoms with Crippen molar-refractivity contribution >= 4 is 16.9 Å². The van der Waals surface area contributed by atoms with Crippen LogP contribution in [-0.4, -0.2) is 22.7 Å². The van der Waals surface area contributed by atoms with Crippen LogP contribution in [0, 0.1) is 0 Å². The summed E-state index contributed by atoms with van der Waals surface area (Å²) in [5.74, 6) is 0.0414. The molecule has 1 N–H and O–H groups in total. The van der Waals surface area contributed by atoms with E-state index in [9.17, 15) is 4.79 Å². The highest BCUT2D eigenvalue weighted by molar-refractivity contribution is 5.87. The van der Waals surface area contributed by atoms with Crippen LogP contribution in [0.3, 0.4) is 0 Å². The number of carboxylic acids is 1. The number of pyridine rings is 1. The molecule has 4 heteroatoms. The zero-order valence-corrected chi connectivity index (χ0v) is 11.6. The Bertz CT molecular complexity index is 595. The molecule has 20 heavy (non-hydrogen) atoms. The second-order valence-corrected chi connectivity index (χ2v) is 4.72. The van der Waals surface area contributed by atoms with Crippen molar-refractivity contribution in [1.82, 2.24) is 4.98 Å². The van der Waals surface area contributed by atoms with Gasteiger partial charge in [0.2, 0.25) is 0 Å². The number of carbonyl (C=O) groups is 1. The van der Waals surface area contributed by atoms with Gasteiger partial charge in [0.15, 0.2) is 0 Å². The average Bonchev–Trinajstić information content (AvgIpc) is 2.46. The summed E-state index contributed by atoms with van der Waals surface area (Å²) in [6.07, 6.45) is 4.27. The Balaban J connectivity index is 2.26. The minimum atomic E-state index is -0.754. The van der Waals surface area contributed by atoms with E-state index in [1.807, 2.05) is 24.3 Å². The number of nitrogens with zero attached hydrogens (tertiary/aromatic N) is 1. The zero-order chi connectivity index (χ0) is 14.4. The fourth-order valence-corrected chi connectivity index (χ4v) is 2.18. The summed E-state index contributed by atoms with van der Waals surface area (Å²) in [4.78, 5) is 15.0. The van der Waals surface area contributed by atoms with E-state index in [0.717, 1.165) is 35.1 Å². The van der Waals surface area contributed by atoms with E-state index in [1.165, 1.54) is 0 Å². The quantitative estimate of drug-likeness (QED) is 0.839. The molecule has 0 amide bonds. The molecule has 0 unspecified atom stereocenters. The Morgan fingerprint density at radius 1 is 1.35 bits per heavy atom. The molecule has 0 aliphatic rings. The van der Waals surface area contributed by atoms with E-state index < -0.39 is 5.97 Å². The van der Waals surface area contributed by atoms with Crippen molar-refractivity contribution < 1.29 is 14.6 Å². The third-order valence-electron chi connectivity index (χ3n) is 3.12. The predicted molar refractivity (Wildman–Crippen MR) is 78.1 cm³/mol. The molecule has 0 saturated carbocycles. The Kier molecular flexibility index (Phi) is 4.93. The van der Waals surface area contributed by atoms with Crippen LogP contribution in [0.2, 0.25) is 0 Å². The van der Waals surface area contributed by atoms with Gasteiger partial charge in [0.1, 0.15) is 11.3 Å². The van der Waals surface area contributed by atoms with Crippen LogP contribution in [0.5, 0.6) is 5.75 Å². The number of hydrogen-bond donors (Lipinski definition) is 1. The van der Waals surface area contributed by atoms with E-state index in [0.29, 0.717) is 13.0 Å². The van der Waals surface area contributed by atoms with Gasteiger partial charge in [0, 0.05) is 18.0 Å². The van der Waals surface area contributed by atoms with Crippen LogP contribution in [0.15, 0.2) is 30.5 Å². The van der Waals surface area contributed by atoms with E-state index in [4.69, 9.17) is 9.84 Å². The summed E-state index contributed by atoms with van der Waals surface area (Å²) in [5.41, 5.74) is 1.98. The maximum absolute atomic E-state index is 10.6. The molecule has 1 aromatic heterocycles. The third kappa shape index (κ3) is 3.47. The summed E-state index contributed by atoms with van der Waals surface area (Å²) in [5, 5.41) is 9.76. The number of hydrogen-bond acceptors (Lipinski definition) is 3. The molecule has 4 nitrogen and oxygen atoms in total. The summed E-state index contributed by atoms with van der Waals surface area (Å²) in [6, 6.07) is 7.85. The highest BCUT2D eigenvalue weighted by Crippen LogP contribution is 2.27. The molecule has 0 aliphatic carbocycles. The number of fused-ring (bicyclic) bond motifs is 1. The van der Waals surface area contributed by atoms with Crippen LogP contribution in [0.4, 0.5) is 0 Å². The highest BCUT2D eigenvalue weighted by Gasteiger charge is 2.08. The second-order valence-electron chi connectivity index (χ2n) is 4.72. The van der Waals surface area contributed by atoms with Gasteiger partial charge in [0.05, 0.1) is 6.61 Å². The van der Waals surface area contributed by atoms with Gasteiger partial charge in [-0.05, 0) is 37.0 Å². The largest absolute Gasteiger partial charge is 0.491 e. The van der Waals surface area contributed by atoms with Crippen molar-refractivity contribution in [3.05, 3.63) is 36.0 Å². The lowest BCUT2D eigenvalue weighted by Gasteiger charge is -2.11. The van der Waals surface area contributed by atoms with Crippen LogP contribution in [-0.2, 0) is 11.2 Å². The summed E-state index contributed by atoms with van der Waals surface area (Å²) >= 11 is 0. The van der Waals surface area contributed by atoms with Gasteiger partial charge < -0.3 is 9.84 Å². The smallest absolute Gasteiger partial charge is 0.303 e. The Morgan fingerprint density at radius 3 is 2.95 bits per heavy atom. The standard InChI is InChI=1S/C16H19NO3/c1-2-11-20-14-9-8-12(5-3-7-15(18)19)13-6-4-10-17-16(13)14/h4,6,8-10H,2-3,5,7,11H2,1H3,(H,18,19). The molecule has 0 spiro atoms. The number of benzene rings is 1. The maximum atomic E-state index is 10.6. The van der Waals surface area contributed by atoms with Gasteiger partial charge in [-0.2, -0.15) is 0 Å². The first-order valence-corrected chi connectivity index (χ1v) is 6.93. The number of rotatable bonds is 7. The number of carboxylic acid groups (broad SMARTS) is 1. The number of aliphatic carboxylic acids is 1. The molecule has 2 aromatic rings. The molecule has 1 aromatic carbocycles. The third-order valence-corrected chi connectivity index (χ3v) is 3.12. The van der Waals surface area contributed by atoms with E-state index >= 15 is 0 Å². The Labute approximate surface area is 118 Å². The second kappa shape index (κ2) is 6.89. The first-order valence-electron chi connectivity index (χ1n) is 6.93. The van der Waals surface area contributed by atoms with Gasteiger partial charge in [0.25, 0.3) is 0 Å². The lowest BCUT2D eigenvalue weighted by Crippen LogP contribution is -1.99. The van der Waals surface area contributed by atoms with Crippen LogP contribution >= 0.6 is 0 Å². The van der Waals surface area contributed by atoms with Gasteiger partial charge in [-0.3, -0.25) is 9.78 Å². The summed E-state index contributed by atoms with van der Waals surface area (Å²) in [6.45, 7) is 2.74. The van der Waals surface area contributed by atoms with Gasteiger partial charge in [-0.25, -0.2) is 0 Å². The molecule has 0 bridgehead atoms. The van der Waals surface area contributed by atoms with Crippen molar-refractivity contribution in [2.45, 2.75) is 32.6 Å². The lowest BCUT2D eigenvalue weighted by molar-refractivity contribution is -0.137. The molecule has 0 radical (unpaired) electrons. The van der Waals surface area contributed by atoms with Gasteiger partial charge >= 0.3 is 5.97 Å². The van der Waals surface area contributed by atoms with Crippen molar-refractivity contribution in [3.63, 3.8) is 0 Å². The minimum absolute atomic E-state index is 0.190.